The molecule has 0 bridgehead atoms. The van der Waals surface area contributed by atoms with Crippen molar-refractivity contribution >= 4 is 5.91 Å². The average molecular weight is 339 g/mol. The molecule has 6 nitrogen and oxygen atoms in total. The van der Waals surface area contributed by atoms with Gasteiger partial charge in [-0.3, -0.25) is 19.4 Å². The first-order chi connectivity index (χ1) is 12.1. The summed E-state index contributed by atoms with van der Waals surface area (Å²) in [5.41, 5.74) is 3.26. The normalized spacial score (nSPS) is 17.0. The Labute approximate surface area is 148 Å². The standard InChI is InChI=1S/C19H25N5O/c1-3-10-24-12-16(15(2)22-24)11-23(13-17-6-4-5-9-20-17)14-18-7-8-19(25)21-18/h3-6,9,12,18H,1,7-8,10-11,13-14H2,2H3,(H,21,25)/t18-/m0/s1. The minimum Gasteiger partial charge on any atom is -0.352 e. The summed E-state index contributed by atoms with van der Waals surface area (Å²) in [7, 11) is 0. The van der Waals surface area contributed by atoms with Crippen molar-refractivity contribution in [1.82, 2.24) is 25.0 Å². The number of allylic oxidation sites excluding steroid dienone is 1. The molecule has 2 aromatic rings. The number of nitrogens with zero attached hydrogens (tertiary/aromatic N) is 4. The lowest BCUT2D eigenvalue weighted by Gasteiger charge is -2.25. The number of pyridine rings is 1. The van der Waals surface area contributed by atoms with Gasteiger partial charge >= 0.3 is 0 Å². The fourth-order valence-electron chi connectivity index (χ4n) is 3.21. The summed E-state index contributed by atoms with van der Waals surface area (Å²) in [6.07, 6.45) is 7.26. The van der Waals surface area contributed by atoms with E-state index in [2.05, 4.69) is 33.1 Å². The average Bonchev–Trinajstić information content (AvgIpc) is 3.14. The zero-order valence-electron chi connectivity index (χ0n) is 14.7. The Hall–Kier alpha value is -2.47. The highest BCUT2D eigenvalue weighted by molar-refractivity contribution is 5.78. The van der Waals surface area contributed by atoms with E-state index in [0.29, 0.717) is 13.0 Å². The van der Waals surface area contributed by atoms with Gasteiger partial charge in [0.2, 0.25) is 5.91 Å². The number of hydrogen-bond donors (Lipinski definition) is 1. The minimum absolute atomic E-state index is 0.151. The molecule has 0 aliphatic carbocycles. The Morgan fingerprint density at radius 3 is 3.00 bits per heavy atom. The Morgan fingerprint density at radius 2 is 2.32 bits per heavy atom. The van der Waals surface area contributed by atoms with Gasteiger partial charge in [0.15, 0.2) is 0 Å². The molecule has 3 rings (SSSR count). The zero-order valence-corrected chi connectivity index (χ0v) is 14.7. The second kappa shape index (κ2) is 8.07. The van der Waals surface area contributed by atoms with Crippen LogP contribution in [0.2, 0.25) is 0 Å². The molecular formula is C19H25N5O. The molecular weight excluding hydrogens is 314 g/mol. The lowest BCUT2D eigenvalue weighted by atomic mass is 10.1. The molecule has 2 aromatic heterocycles. The van der Waals surface area contributed by atoms with Crippen molar-refractivity contribution in [2.24, 2.45) is 0 Å². The maximum atomic E-state index is 11.5. The SMILES string of the molecule is C=CCn1cc(CN(Cc2ccccn2)C[C@@H]2CCC(=O)N2)c(C)n1. The maximum absolute atomic E-state index is 11.5. The van der Waals surface area contributed by atoms with Crippen LogP contribution >= 0.6 is 0 Å². The first kappa shape index (κ1) is 17.4. The van der Waals surface area contributed by atoms with Crippen molar-refractivity contribution in [3.63, 3.8) is 0 Å². The second-order valence-electron chi connectivity index (χ2n) is 6.54. The van der Waals surface area contributed by atoms with Gasteiger partial charge in [0.1, 0.15) is 0 Å². The number of nitrogens with one attached hydrogen (secondary N) is 1. The van der Waals surface area contributed by atoms with Gasteiger partial charge in [0.05, 0.1) is 17.9 Å². The molecule has 25 heavy (non-hydrogen) atoms. The molecule has 1 N–H and O–H groups in total. The molecule has 0 saturated carbocycles. The molecule has 132 valence electrons. The van der Waals surface area contributed by atoms with Gasteiger partial charge in [-0.25, -0.2) is 0 Å². The fourth-order valence-corrected chi connectivity index (χ4v) is 3.21. The minimum atomic E-state index is 0.151. The summed E-state index contributed by atoms with van der Waals surface area (Å²) < 4.78 is 1.91. The molecule has 0 aromatic carbocycles. The molecule has 1 aliphatic heterocycles. The Kier molecular flexibility index (Phi) is 5.60. The lowest BCUT2D eigenvalue weighted by molar-refractivity contribution is -0.119. The van der Waals surface area contributed by atoms with Gasteiger partial charge in [-0.15, -0.1) is 6.58 Å². The van der Waals surface area contributed by atoms with E-state index in [1.807, 2.05) is 42.1 Å². The maximum Gasteiger partial charge on any atom is 0.220 e. The molecule has 6 heteroatoms. The van der Waals surface area contributed by atoms with E-state index in [1.54, 1.807) is 0 Å². The van der Waals surface area contributed by atoms with E-state index in [1.165, 1.54) is 5.56 Å². The van der Waals surface area contributed by atoms with Gasteiger partial charge in [-0.05, 0) is 25.5 Å². The molecule has 1 atom stereocenters. The number of aryl methyl sites for hydroxylation is 1. The first-order valence-electron chi connectivity index (χ1n) is 8.69. The predicted octanol–water partition coefficient (Wildman–Crippen LogP) is 2.05. The fraction of sp³-hybridized carbons (Fsp3) is 0.421. The van der Waals surface area contributed by atoms with Crippen LogP contribution in [0.1, 0.15) is 29.8 Å². The second-order valence-corrected chi connectivity index (χ2v) is 6.54. The molecule has 1 amide bonds. The smallest absolute Gasteiger partial charge is 0.220 e. The molecule has 1 fully saturated rings. The van der Waals surface area contributed by atoms with Crippen LogP contribution in [-0.2, 0) is 24.4 Å². The summed E-state index contributed by atoms with van der Waals surface area (Å²) in [6, 6.07) is 6.17. The molecule has 1 aliphatic rings. The number of carbonyl (C=O) groups excluding carboxylic acids is 1. The molecule has 3 heterocycles. The first-order valence-corrected chi connectivity index (χ1v) is 8.69. The van der Waals surface area contributed by atoms with Gasteiger partial charge in [0.25, 0.3) is 0 Å². The van der Waals surface area contributed by atoms with Crippen LogP contribution in [-0.4, -0.2) is 38.2 Å². The third-order valence-electron chi connectivity index (χ3n) is 4.43. The number of amides is 1. The van der Waals surface area contributed by atoms with Gasteiger partial charge in [-0.2, -0.15) is 5.10 Å². The summed E-state index contributed by atoms with van der Waals surface area (Å²) >= 11 is 0. The van der Waals surface area contributed by atoms with E-state index in [0.717, 1.165) is 37.4 Å². The number of rotatable bonds is 8. The van der Waals surface area contributed by atoms with Crippen molar-refractivity contribution in [2.75, 3.05) is 6.54 Å². The number of aromatic nitrogens is 3. The number of carbonyl (C=O) groups is 1. The van der Waals surface area contributed by atoms with E-state index in [9.17, 15) is 4.79 Å². The Bertz CT molecular complexity index is 725. The highest BCUT2D eigenvalue weighted by atomic mass is 16.1. The van der Waals surface area contributed by atoms with Crippen molar-refractivity contribution in [3.05, 3.63) is 60.2 Å². The van der Waals surface area contributed by atoms with Gasteiger partial charge < -0.3 is 5.32 Å². The number of hydrogen-bond acceptors (Lipinski definition) is 4. The third kappa shape index (κ3) is 4.76. The quantitative estimate of drug-likeness (QED) is 0.748. The molecule has 0 spiro atoms. The van der Waals surface area contributed by atoms with Crippen LogP contribution in [0, 0.1) is 6.92 Å². The van der Waals surface area contributed by atoms with Crippen molar-refractivity contribution < 1.29 is 4.79 Å². The monoisotopic (exact) mass is 339 g/mol. The molecule has 0 radical (unpaired) electrons. The van der Waals surface area contributed by atoms with Crippen molar-refractivity contribution in [1.29, 1.82) is 0 Å². The van der Waals surface area contributed by atoms with Crippen LogP contribution < -0.4 is 5.32 Å². The van der Waals surface area contributed by atoms with Crippen LogP contribution in [0.3, 0.4) is 0 Å². The predicted molar refractivity (Wildman–Crippen MR) is 96.7 cm³/mol. The summed E-state index contributed by atoms with van der Waals surface area (Å²) in [5.74, 6) is 0.151. The lowest BCUT2D eigenvalue weighted by Crippen LogP contribution is -2.38. The molecule has 0 unspecified atom stereocenters. The summed E-state index contributed by atoms with van der Waals surface area (Å²) in [4.78, 5) is 18.3. The van der Waals surface area contributed by atoms with Gasteiger partial charge in [-0.1, -0.05) is 12.1 Å². The Balaban J connectivity index is 1.73. The van der Waals surface area contributed by atoms with Gasteiger partial charge in [0, 0.05) is 50.1 Å². The third-order valence-corrected chi connectivity index (χ3v) is 4.43. The topological polar surface area (TPSA) is 63.1 Å². The molecule has 1 saturated heterocycles. The van der Waals surface area contributed by atoms with E-state index in [4.69, 9.17) is 0 Å². The Morgan fingerprint density at radius 1 is 1.44 bits per heavy atom. The van der Waals surface area contributed by atoms with Crippen LogP contribution in [0.5, 0.6) is 0 Å². The zero-order chi connectivity index (χ0) is 17.6. The summed E-state index contributed by atoms with van der Waals surface area (Å²) in [6.45, 7) is 8.86. The van der Waals surface area contributed by atoms with Crippen LogP contribution in [0.15, 0.2) is 43.2 Å². The van der Waals surface area contributed by atoms with Crippen molar-refractivity contribution in [2.45, 2.75) is 45.4 Å². The van der Waals surface area contributed by atoms with Crippen LogP contribution in [0.25, 0.3) is 0 Å². The summed E-state index contributed by atoms with van der Waals surface area (Å²) in [5, 5.41) is 7.60. The van der Waals surface area contributed by atoms with E-state index < -0.39 is 0 Å². The van der Waals surface area contributed by atoms with E-state index >= 15 is 0 Å². The highest BCUT2D eigenvalue weighted by Gasteiger charge is 2.24. The largest absolute Gasteiger partial charge is 0.352 e. The van der Waals surface area contributed by atoms with Crippen LogP contribution in [0.4, 0.5) is 0 Å². The van der Waals surface area contributed by atoms with Crippen molar-refractivity contribution in [3.8, 4) is 0 Å². The van der Waals surface area contributed by atoms with E-state index in [-0.39, 0.29) is 11.9 Å². The highest BCUT2D eigenvalue weighted by Crippen LogP contribution is 2.15.